The van der Waals surface area contributed by atoms with Crippen molar-refractivity contribution in [1.82, 2.24) is 21.0 Å². The Bertz CT molecular complexity index is 1600. The van der Waals surface area contributed by atoms with E-state index in [2.05, 4.69) is 27.6 Å². The number of nitrogens with zero attached hydrogens (tertiary/aromatic N) is 2. The van der Waals surface area contributed by atoms with Crippen LogP contribution in [0.3, 0.4) is 0 Å². The fourth-order valence-corrected chi connectivity index (χ4v) is 7.02. The molecule has 0 unspecified atom stereocenters. The predicted molar refractivity (Wildman–Crippen MR) is 176 cm³/mol. The molecule has 10 nitrogen and oxygen atoms in total. The Labute approximate surface area is 276 Å². The maximum atomic E-state index is 12.3. The number of aryl methyl sites for hydroxylation is 1. The molecule has 1 aliphatic rings. The number of aliphatic hydroxyl groups excluding tert-OH is 1. The molecule has 0 saturated carbocycles. The highest BCUT2D eigenvalue weighted by Gasteiger charge is 2.32. The van der Waals surface area contributed by atoms with Crippen LogP contribution < -0.4 is 10.8 Å². The van der Waals surface area contributed by atoms with Gasteiger partial charge in [-0.3, -0.25) is 14.8 Å². The average molecular weight is 663 g/mol. The number of ether oxygens (including phenoxy) is 2. The summed E-state index contributed by atoms with van der Waals surface area (Å²) in [6, 6.07) is 24.0. The van der Waals surface area contributed by atoms with Gasteiger partial charge in [0.25, 0.3) is 0 Å². The lowest BCUT2D eigenvalue weighted by Crippen LogP contribution is -2.31. The highest BCUT2D eigenvalue weighted by molar-refractivity contribution is 8.01. The Balaban J connectivity index is 1.26. The summed E-state index contributed by atoms with van der Waals surface area (Å²) in [5, 5.41) is 30.3. The zero-order valence-corrected chi connectivity index (χ0v) is 27.2. The SMILES string of the molecule is Cc1nnc(SC[C@@H]2C[C@H](c3ccc(CO)cc3)O[C@H](c3cccc(-c4cccc(CNC(=O)CCCCC(=O)NO)c4)c3)O2)s1. The van der Waals surface area contributed by atoms with Gasteiger partial charge in [-0.1, -0.05) is 83.8 Å². The Morgan fingerprint density at radius 3 is 2.37 bits per heavy atom. The van der Waals surface area contributed by atoms with Gasteiger partial charge in [0.05, 0.1) is 18.8 Å². The van der Waals surface area contributed by atoms with Gasteiger partial charge in [-0.25, -0.2) is 5.48 Å². The molecule has 5 rings (SSSR count). The number of rotatable bonds is 14. The van der Waals surface area contributed by atoms with Crippen LogP contribution in [0.1, 0.15) is 71.8 Å². The quantitative estimate of drug-likeness (QED) is 0.0551. The van der Waals surface area contributed by atoms with Crippen LogP contribution in [0.25, 0.3) is 11.1 Å². The predicted octanol–water partition coefficient (Wildman–Crippen LogP) is 6.03. The number of aromatic nitrogens is 2. The summed E-state index contributed by atoms with van der Waals surface area (Å²) < 4.78 is 14.0. The van der Waals surface area contributed by atoms with Crippen LogP contribution in [0.2, 0.25) is 0 Å². The van der Waals surface area contributed by atoms with Gasteiger partial charge in [0.15, 0.2) is 10.6 Å². The molecule has 2 heterocycles. The normalized spacial score (nSPS) is 17.8. The highest BCUT2D eigenvalue weighted by Crippen LogP contribution is 2.40. The zero-order chi connectivity index (χ0) is 32.3. The third-order valence-corrected chi connectivity index (χ3v) is 9.71. The molecule has 242 valence electrons. The topological polar surface area (TPSA) is 143 Å². The van der Waals surface area contributed by atoms with E-state index in [9.17, 15) is 14.7 Å². The molecule has 0 bridgehead atoms. The minimum absolute atomic E-state index is 0.00811. The summed E-state index contributed by atoms with van der Waals surface area (Å²) in [7, 11) is 0. The van der Waals surface area contributed by atoms with Gasteiger partial charge in [-0.15, -0.1) is 10.2 Å². The van der Waals surface area contributed by atoms with E-state index < -0.39 is 12.2 Å². The fraction of sp³-hybridized carbons (Fsp3) is 0.353. The number of thioether (sulfide) groups is 1. The molecule has 1 saturated heterocycles. The second-order valence-electron chi connectivity index (χ2n) is 11.1. The Morgan fingerprint density at radius 2 is 1.65 bits per heavy atom. The van der Waals surface area contributed by atoms with Gasteiger partial charge in [-0.2, -0.15) is 0 Å². The number of hydrogen-bond acceptors (Lipinski definition) is 10. The van der Waals surface area contributed by atoms with E-state index in [0.717, 1.165) is 42.7 Å². The van der Waals surface area contributed by atoms with Crippen LogP contribution in [-0.2, 0) is 32.2 Å². The minimum atomic E-state index is -0.580. The van der Waals surface area contributed by atoms with Crippen molar-refractivity contribution in [2.75, 3.05) is 5.75 Å². The van der Waals surface area contributed by atoms with Crippen molar-refractivity contribution in [3.63, 3.8) is 0 Å². The maximum absolute atomic E-state index is 12.3. The average Bonchev–Trinajstić information content (AvgIpc) is 3.53. The van der Waals surface area contributed by atoms with Gasteiger partial charge in [0.2, 0.25) is 11.8 Å². The van der Waals surface area contributed by atoms with Crippen molar-refractivity contribution in [1.29, 1.82) is 0 Å². The molecule has 2 amide bonds. The first-order valence-corrected chi connectivity index (χ1v) is 17.0. The number of hydroxylamine groups is 1. The second kappa shape index (κ2) is 16.8. The van der Waals surface area contributed by atoms with E-state index >= 15 is 0 Å². The third kappa shape index (κ3) is 9.68. The Morgan fingerprint density at radius 1 is 0.913 bits per heavy atom. The van der Waals surface area contributed by atoms with Crippen LogP contribution in [0.5, 0.6) is 0 Å². The minimum Gasteiger partial charge on any atom is -0.392 e. The number of carbonyl (C=O) groups is 2. The lowest BCUT2D eigenvalue weighted by atomic mass is 9.99. The van der Waals surface area contributed by atoms with Crippen molar-refractivity contribution in [2.45, 2.75) is 75.0 Å². The highest BCUT2D eigenvalue weighted by atomic mass is 32.2. The van der Waals surface area contributed by atoms with Crippen molar-refractivity contribution >= 4 is 34.9 Å². The molecule has 1 aromatic heterocycles. The molecule has 0 spiro atoms. The molecule has 1 aliphatic heterocycles. The first-order valence-electron chi connectivity index (χ1n) is 15.2. The number of unbranched alkanes of at least 4 members (excludes halogenated alkanes) is 1. The summed E-state index contributed by atoms with van der Waals surface area (Å²) in [6.07, 6.45) is 1.42. The summed E-state index contributed by atoms with van der Waals surface area (Å²) in [4.78, 5) is 23.4. The number of hydrogen-bond donors (Lipinski definition) is 4. The summed E-state index contributed by atoms with van der Waals surface area (Å²) in [5.41, 5.74) is 7.38. The molecular weight excluding hydrogens is 625 g/mol. The van der Waals surface area contributed by atoms with E-state index in [1.54, 1.807) is 28.6 Å². The monoisotopic (exact) mass is 662 g/mol. The van der Waals surface area contributed by atoms with Gasteiger partial charge >= 0.3 is 0 Å². The van der Waals surface area contributed by atoms with Gasteiger partial charge < -0.3 is 19.9 Å². The molecule has 3 atom stereocenters. The van der Waals surface area contributed by atoms with Crippen molar-refractivity contribution < 1.29 is 29.4 Å². The Hall–Kier alpha value is -3.65. The van der Waals surface area contributed by atoms with Crippen LogP contribution in [0.15, 0.2) is 77.1 Å². The lowest BCUT2D eigenvalue weighted by molar-refractivity contribution is -0.245. The molecular formula is C34H38N4O6S2. The van der Waals surface area contributed by atoms with E-state index in [1.165, 1.54) is 0 Å². The number of nitrogens with one attached hydrogen (secondary N) is 2. The van der Waals surface area contributed by atoms with E-state index in [0.29, 0.717) is 38.0 Å². The van der Waals surface area contributed by atoms with Gasteiger partial charge in [0, 0.05) is 37.1 Å². The standard InChI is InChI=1S/C34H38N4O6S2/c1-22-36-37-34(46-22)45-21-29-18-30(25-14-12-23(20-39)13-15-25)44-33(43-29)28-9-5-8-27(17-28)26-7-4-6-24(16-26)19-35-31(40)10-2-3-11-32(41)38-42/h4-9,12-17,29-30,33,39,42H,2-3,10-11,18-21H2,1H3,(H,35,40)(H,38,41)/t29-,30+,33+/m0/s1. The van der Waals surface area contributed by atoms with Crippen molar-refractivity contribution in [3.8, 4) is 11.1 Å². The van der Waals surface area contributed by atoms with Gasteiger partial charge in [0.1, 0.15) is 5.01 Å². The molecule has 0 radical (unpaired) electrons. The lowest BCUT2D eigenvalue weighted by Gasteiger charge is -2.36. The number of benzene rings is 3. The molecule has 12 heteroatoms. The third-order valence-electron chi connectivity index (χ3n) is 7.61. The summed E-state index contributed by atoms with van der Waals surface area (Å²) in [6.45, 7) is 2.33. The number of aliphatic hydroxyl groups is 1. The smallest absolute Gasteiger partial charge is 0.243 e. The number of carbonyl (C=O) groups excluding carboxylic acids is 2. The number of amides is 2. The first kappa shape index (κ1) is 33.7. The molecule has 0 aliphatic carbocycles. The summed E-state index contributed by atoms with van der Waals surface area (Å²) in [5.74, 6) is 0.179. The molecule has 3 aromatic carbocycles. The first-order chi connectivity index (χ1) is 22.4. The largest absolute Gasteiger partial charge is 0.392 e. The maximum Gasteiger partial charge on any atom is 0.243 e. The van der Waals surface area contributed by atoms with Crippen molar-refractivity contribution in [3.05, 3.63) is 100 Å². The fourth-order valence-electron chi connectivity index (χ4n) is 5.17. The molecule has 46 heavy (non-hydrogen) atoms. The second-order valence-corrected chi connectivity index (χ2v) is 13.5. The zero-order valence-electron chi connectivity index (χ0n) is 25.6. The van der Waals surface area contributed by atoms with E-state index in [-0.39, 0.29) is 31.1 Å². The molecule has 1 fully saturated rings. The summed E-state index contributed by atoms with van der Waals surface area (Å²) >= 11 is 3.21. The van der Waals surface area contributed by atoms with Crippen LogP contribution in [0.4, 0.5) is 0 Å². The van der Waals surface area contributed by atoms with Crippen LogP contribution in [-0.4, -0.2) is 44.2 Å². The Kier molecular flexibility index (Phi) is 12.3. The van der Waals surface area contributed by atoms with E-state index in [1.807, 2.05) is 67.6 Å². The van der Waals surface area contributed by atoms with E-state index in [4.69, 9.17) is 14.7 Å². The van der Waals surface area contributed by atoms with Gasteiger partial charge in [-0.05, 0) is 59.7 Å². The van der Waals surface area contributed by atoms with Crippen LogP contribution in [0, 0.1) is 6.92 Å². The van der Waals surface area contributed by atoms with Crippen molar-refractivity contribution in [2.24, 2.45) is 0 Å². The van der Waals surface area contributed by atoms with Crippen LogP contribution >= 0.6 is 23.1 Å². The molecule has 4 N–H and O–H groups in total. The molecule has 4 aromatic rings.